The van der Waals surface area contributed by atoms with Crippen molar-refractivity contribution in [2.45, 2.75) is 84.0 Å². The van der Waals surface area contributed by atoms with Crippen molar-refractivity contribution in [3.8, 4) is 0 Å². The fourth-order valence-electron chi connectivity index (χ4n) is 3.06. The van der Waals surface area contributed by atoms with Gasteiger partial charge in [0, 0.05) is 0 Å². The van der Waals surface area contributed by atoms with Gasteiger partial charge in [-0.1, -0.05) is 64.9 Å². The zero-order valence-electron chi connectivity index (χ0n) is 15.8. The highest BCUT2D eigenvalue weighted by molar-refractivity contribution is 5.68. The van der Waals surface area contributed by atoms with Gasteiger partial charge in [-0.05, 0) is 31.9 Å². The van der Waals surface area contributed by atoms with Crippen LogP contribution in [0.5, 0.6) is 0 Å². The predicted molar refractivity (Wildman–Crippen MR) is 101 cm³/mol. The first-order chi connectivity index (χ1) is 11.1. The van der Waals surface area contributed by atoms with E-state index in [-0.39, 0.29) is 0 Å². The van der Waals surface area contributed by atoms with Crippen LogP contribution in [0.15, 0.2) is 12.7 Å². The van der Waals surface area contributed by atoms with Crippen LogP contribution in [0, 0.1) is 0 Å². The number of likely N-dealkylation sites (N-methyl/N-ethyl adjacent to an activating group) is 1. The number of carbonyl (C=O) groups is 1. The molecule has 2 N–H and O–H groups in total. The third-order valence-electron chi connectivity index (χ3n) is 4.73. The molecule has 0 aliphatic rings. The zero-order valence-corrected chi connectivity index (χ0v) is 15.8. The lowest BCUT2D eigenvalue weighted by molar-refractivity contribution is -0.829. The summed E-state index contributed by atoms with van der Waals surface area (Å²) in [5.41, 5.74) is 5.56. The van der Waals surface area contributed by atoms with Crippen LogP contribution in [0.3, 0.4) is 0 Å². The van der Waals surface area contributed by atoms with E-state index in [1.807, 2.05) is 13.1 Å². The second kappa shape index (κ2) is 14.9. The van der Waals surface area contributed by atoms with Crippen molar-refractivity contribution in [1.29, 1.82) is 0 Å². The van der Waals surface area contributed by atoms with Crippen molar-refractivity contribution < 1.29 is 9.28 Å². The lowest BCUT2D eigenvalue weighted by Crippen LogP contribution is -2.50. The molecule has 136 valence electrons. The van der Waals surface area contributed by atoms with E-state index in [2.05, 4.69) is 13.5 Å². The Balaban J connectivity index is 3.84. The SMILES string of the molecule is C=CC[N+](C)(CCCCN)C(=O)CCCCCCCCCCC. The van der Waals surface area contributed by atoms with Gasteiger partial charge in [-0.25, -0.2) is 4.79 Å². The molecule has 0 saturated heterocycles. The Morgan fingerprint density at radius 1 is 0.957 bits per heavy atom. The molecule has 23 heavy (non-hydrogen) atoms. The maximum absolute atomic E-state index is 12.5. The van der Waals surface area contributed by atoms with Gasteiger partial charge in [0.25, 0.3) is 0 Å². The second-order valence-electron chi connectivity index (χ2n) is 7.06. The number of rotatable bonds is 16. The highest BCUT2D eigenvalue weighted by Crippen LogP contribution is 2.14. The van der Waals surface area contributed by atoms with Gasteiger partial charge in [0.15, 0.2) is 0 Å². The Morgan fingerprint density at radius 2 is 1.52 bits per heavy atom. The Labute approximate surface area is 144 Å². The summed E-state index contributed by atoms with van der Waals surface area (Å²) >= 11 is 0. The fraction of sp³-hybridized carbons (Fsp3) is 0.850. The molecule has 1 amide bonds. The van der Waals surface area contributed by atoms with Gasteiger partial charge < -0.3 is 5.73 Å². The molecule has 0 saturated carbocycles. The molecule has 0 aromatic heterocycles. The second-order valence-corrected chi connectivity index (χ2v) is 7.06. The molecular weight excluding hydrogens is 284 g/mol. The number of quaternary nitrogens is 1. The van der Waals surface area contributed by atoms with Crippen molar-refractivity contribution in [2.24, 2.45) is 5.73 Å². The van der Waals surface area contributed by atoms with Gasteiger partial charge in [-0.15, -0.1) is 0 Å². The van der Waals surface area contributed by atoms with E-state index in [4.69, 9.17) is 5.73 Å². The lowest BCUT2D eigenvalue weighted by Gasteiger charge is -2.30. The number of carbonyl (C=O) groups excluding carboxylic acids is 1. The topological polar surface area (TPSA) is 43.1 Å². The Morgan fingerprint density at radius 3 is 2.04 bits per heavy atom. The smallest absolute Gasteiger partial charge is 0.313 e. The van der Waals surface area contributed by atoms with Crippen molar-refractivity contribution in [3.63, 3.8) is 0 Å². The van der Waals surface area contributed by atoms with Crippen LogP contribution in [0.4, 0.5) is 0 Å². The number of amides is 1. The first-order valence-corrected chi connectivity index (χ1v) is 9.79. The molecule has 0 aromatic rings. The molecule has 0 aliphatic heterocycles. The predicted octanol–water partition coefficient (Wildman–Crippen LogP) is 4.81. The van der Waals surface area contributed by atoms with Crippen LogP contribution >= 0.6 is 0 Å². The molecule has 3 heteroatoms. The molecule has 1 atom stereocenters. The molecule has 3 nitrogen and oxygen atoms in total. The zero-order chi connectivity index (χ0) is 17.4. The third kappa shape index (κ3) is 11.5. The van der Waals surface area contributed by atoms with Crippen molar-refractivity contribution >= 4 is 5.91 Å². The Hall–Kier alpha value is -0.670. The minimum absolute atomic E-state index is 0.366. The van der Waals surface area contributed by atoms with E-state index in [1.54, 1.807) is 0 Å². The van der Waals surface area contributed by atoms with Gasteiger partial charge in [-0.2, -0.15) is 0 Å². The number of hydrogen-bond donors (Lipinski definition) is 1. The van der Waals surface area contributed by atoms with Crippen LogP contribution < -0.4 is 5.73 Å². The average Bonchev–Trinajstić information content (AvgIpc) is 2.53. The largest absolute Gasteiger partial charge is 0.330 e. The van der Waals surface area contributed by atoms with Crippen LogP contribution in [-0.2, 0) is 4.79 Å². The highest BCUT2D eigenvalue weighted by atomic mass is 16.2. The molecule has 0 rings (SSSR count). The Kier molecular flexibility index (Phi) is 14.5. The minimum atomic E-state index is 0.366. The van der Waals surface area contributed by atoms with E-state index < -0.39 is 0 Å². The molecule has 0 spiro atoms. The van der Waals surface area contributed by atoms with E-state index in [0.29, 0.717) is 23.4 Å². The van der Waals surface area contributed by atoms with Crippen LogP contribution in [0.25, 0.3) is 0 Å². The van der Waals surface area contributed by atoms with Crippen molar-refractivity contribution in [3.05, 3.63) is 12.7 Å². The summed E-state index contributed by atoms with van der Waals surface area (Å²) in [5, 5.41) is 0. The standard InChI is InChI=1S/C20H41N2O/c1-4-6-7-8-9-10-11-12-13-16-20(23)22(3,18-5-2)19-15-14-17-21/h5H,2,4,6-19,21H2,1,3H3/q+1. The van der Waals surface area contributed by atoms with Gasteiger partial charge in [0.1, 0.15) is 6.54 Å². The fourth-order valence-corrected chi connectivity index (χ4v) is 3.06. The van der Waals surface area contributed by atoms with Gasteiger partial charge in [0.05, 0.1) is 20.0 Å². The monoisotopic (exact) mass is 325 g/mol. The summed E-state index contributed by atoms with van der Waals surface area (Å²) in [6.45, 7) is 8.40. The van der Waals surface area contributed by atoms with Gasteiger partial charge >= 0.3 is 5.91 Å². The maximum atomic E-state index is 12.5. The summed E-state index contributed by atoms with van der Waals surface area (Å²) in [6, 6.07) is 0. The van der Waals surface area contributed by atoms with Crippen LogP contribution in [0.1, 0.15) is 84.0 Å². The number of nitrogens with two attached hydrogens (primary N) is 1. The highest BCUT2D eigenvalue weighted by Gasteiger charge is 2.28. The molecule has 0 heterocycles. The Bertz CT molecular complexity index is 304. The van der Waals surface area contributed by atoms with E-state index in [1.165, 1.54) is 51.4 Å². The number of unbranched alkanes of at least 4 members (excludes halogenated alkanes) is 9. The maximum Gasteiger partial charge on any atom is 0.313 e. The molecule has 0 fully saturated rings. The van der Waals surface area contributed by atoms with Crippen LogP contribution in [0.2, 0.25) is 0 Å². The van der Waals surface area contributed by atoms with Crippen molar-refractivity contribution in [2.75, 3.05) is 26.7 Å². The average molecular weight is 326 g/mol. The molecular formula is C20H41N2O+. The summed E-state index contributed by atoms with van der Waals surface area (Å²) in [4.78, 5) is 12.5. The van der Waals surface area contributed by atoms with Crippen LogP contribution in [-0.4, -0.2) is 37.1 Å². The first kappa shape index (κ1) is 22.3. The molecule has 1 unspecified atom stereocenters. The number of nitrogens with zero attached hydrogens (tertiary/aromatic N) is 1. The quantitative estimate of drug-likeness (QED) is 0.251. The van der Waals surface area contributed by atoms with Gasteiger partial charge in [-0.3, -0.25) is 4.48 Å². The lowest BCUT2D eigenvalue weighted by atomic mass is 10.1. The number of hydrogen-bond acceptors (Lipinski definition) is 2. The van der Waals surface area contributed by atoms with E-state index in [9.17, 15) is 4.79 Å². The molecule has 0 bridgehead atoms. The summed E-state index contributed by atoms with van der Waals surface area (Å²) in [6.07, 6.45) is 16.2. The molecule has 0 aromatic carbocycles. The van der Waals surface area contributed by atoms with Gasteiger partial charge in [0.2, 0.25) is 0 Å². The summed E-state index contributed by atoms with van der Waals surface area (Å²) < 4.78 is 0.501. The summed E-state index contributed by atoms with van der Waals surface area (Å²) in [5.74, 6) is 0.366. The van der Waals surface area contributed by atoms with Crippen molar-refractivity contribution in [1.82, 2.24) is 0 Å². The molecule has 0 aliphatic carbocycles. The molecule has 0 radical (unpaired) electrons. The minimum Gasteiger partial charge on any atom is -0.330 e. The third-order valence-corrected chi connectivity index (χ3v) is 4.73. The first-order valence-electron chi connectivity index (χ1n) is 9.79. The van der Waals surface area contributed by atoms with E-state index >= 15 is 0 Å². The normalized spacial score (nSPS) is 13.7. The van der Waals surface area contributed by atoms with E-state index in [0.717, 1.165) is 32.4 Å². The summed E-state index contributed by atoms with van der Waals surface area (Å²) in [7, 11) is 2.05.